The molecule has 3 N–H and O–H groups in total. The number of aromatic nitrogens is 1. The maximum Gasteiger partial charge on any atom is 0.373 e. The number of nitrogens with zero attached hydrogens (tertiary/aromatic N) is 1. The molecular formula is C28H36ClN3O4. The molecule has 1 aliphatic heterocycles. The first-order chi connectivity index (χ1) is 17.5. The van der Waals surface area contributed by atoms with E-state index in [0.29, 0.717) is 0 Å². The molecule has 2 aromatic rings. The molecule has 0 saturated heterocycles. The lowest BCUT2D eigenvalue weighted by molar-refractivity contribution is -0.191. The van der Waals surface area contributed by atoms with E-state index in [1.165, 1.54) is 48.8 Å². The van der Waals surface area contributed by atoms with Crippen molar-refractivity contribution in [2.45, 2.75) is 64.8 Å². The number of benzene rings is 1. The lowest BCUT2D eigenvalue weighted by Gasteiger charge is -2.17. The smallest absolute Gasteiger partial charge is 0.373 e. The monoisotopic (exact) mass is 513 g/mol. The topological polar surface area (TPSA) is 108 Å². The van der Waals surface area contributed by atoms with Crippen molar-refractivity contribution in [3.8, 4) is 0 Å². The van der Waals surface area contributed by atoms with Gasteiger partial charge in [0, 0.05) is 19.2 Å². The van der Waals surface area contributed by atoms with Gasteiger partial charge in [0.2, 0.25) is 0 Å². The SMILES string of the molecule is CCC(=O)O.Clc1ccc2c(c1NCc1ccc(/C=C/C3CCCCC3)nc1)CCNCC2.O=C=O. The summed E-state index contributed by atoms with van der Waals surface area (Å²) in [6, 6.07) is 8.47. The minimum atomic E-state index is -0.745. The Morgan fingerprint density at radius 3 is 2.50 bits per heavy atom. The second-order valence-corrected chi connectivity index (χ2v) is 9.25. The molecule has 1 fully saturated rings. The molecule has 0 unspecified atom stereocenters. The molecule has 0 atom stereocenters. The summed E-state index contributed by atoms with van der Waals surface area (Å²) in [5.41, 5.74) is 6.07. The fourth-order valence-electron chi connectivity index (χ4n) is 4.33. The van der Waals surface area contributed by atoms with Crippen molar-refractivity contribution < 1.29 is 19.5 Å². The van der Waals surface area contributed by atoms with E-state index in [0.717, 1.165) is 54.8 Å². The zero-order valence-electron chi connectivity index (χ0n) is 20.9. The molecule has 7 nitrogen and oxygen atoms in total. The van der Waals surface area contributed by atoms with E-state index in [4.69, 9.17) is 26.3 Å². The third-order valence-corrected chi connectivity index (χ3v) is 6.61. The van der Waals surface area contributed by atoms with Crippen LogP contribution in [0.25, 0.3) is 6.08 Å². The van der Waals surface area contributed by atoms with E-state index in [1.54, 1.807) is 6.92 Å². The molecule has 8 heteroatoms. The number of aliphatic carboxylic acids is 1. The number of carboxylic acids is 1. The normalized spacial score (nSPS) is 15.3. The van der Waals surface area contributed by atoms with Crippen LogP contribution in [0.2, 0.25) is 5.02 Å². The molecule has 1 aliphatic carbocycles. The van der Waals surface area contributed by atoms with E-state index in [9.17, 15) is 4.79 Å². The van der Waals surface area contributed by atoms with Gasteiger partial charge in [0.25, 0.3) is 0 Å². The number of hydrogen-bond donors (Lipinski definition) is 3. The molecule has 194 valence electrons. The number of hydrogen-bond acceptors (Lipinski definition) is 6. The van der Waals surface area contributed by atoms with Crippen molar-refractivity contribution in [2.24, 2.45) is 5.92 Å². The van der Waals surface area contributed by atoms with Gasteiger partial charge in [-0.3, -0.25) is 9.78 Å². The summed E-state index contributed by atoms with van der Waals surface area (Å²) >= 11 is 6.51. The van der Waals surface area contributed by atoms with Crippen LogP contribution in [-0.4, -0.2) is 35.3 Å². The molecule has 1 aromatic carbocycles. The Morgan fingerprint density at radius 1 is 1.17 bits per heavy atom. The summed E-state index contributed by atoms with van der Waals surface area (Å²) in [4.78, 5) is 30.2. The standard InChI is InChI=1S/C24H30ClN3.C3H6O2.CO2/c25-23-11-8-20-12-14-26-15-13-22(20)24(23)28-17-19-7-10-21(27-16-19)9-6-18-4-2-1-3-5-18;1-2-3(4)5;2-1-3/h6-11,16,18,26,28H,1-5,12-15,17H2;2H2,1H3,(H,4,5);/b9-6+;;. The van der Waals surface area contributed by atoms with Crippen LogP contribution >= 0.6 is 11.6 Å². The van der Waals surface area contributed by atoms with Gasteiger partial charge in [-0.2, -0.15) is 9.59 Å². The van der Waals surface area contributed by atoms with Crippen LogP contribution in [0, 0.1) is 5.92 Å². The Hall–Kier alpha value is -2.99. The van der Waals surface area contributed by atoms with Crippen LogP contribution in [-0.2, 0) is 33.8 Å². The molecule has 4 rings (SSSR count). The number of allylic oxidation sites excluding steroid dienone is 1. The Labute approximate surface area is 218 Å². The minimum absolute atomic E-state index is 0.222. The largest absolute Gasteiger partial charge is 0.481 e. The molecule has 2 heterocycles. The van der Waals surface area contributed by atoms with Gasteiger partial charge >= 0.3 is 12.1 Å². The quantitative estimate of drug-likeness (QED) is 0.466. The summed E-state index contributed by atoms with van der Waals surface area (Å²) < 4.78 is 0. The summed E-state index contributed by atoms with van der Waals surface area (Å²) in [6.07, 6.45) is 15.9. The number of pyridine rings is 1. The molecule has 0 spiro atoms. The van der Waals surface area contributed by atoms with Crippen LogP contribution in [0.15, 0.2) is 36.5 Å². The summed E-state index contributed by atoms with van der Waals surface area (Å²) in [5, 5.41) is 15.6. The maximum absolute atomic E-state index is 9.37. The summed E-state index contributed by atoms with van der Waals surface area (Å²) in [7, 11) is 0. The highest BCUT2D eigenvalue weighted by Crippen LogP contribution is 2.31. The number of carbonyl (C=O) groups is 1. The second kappa shape index (κ2) is 16.6. The Morgan fingerprint density at radius 2 is 1.86 bits per heavy atom. The first-order valence-electron chi connectivity index (χ1n) is 12.6. The van der Waals surface area contributed by atoms with E-state index >= 15 is 0 Å². The van der Waals surface area contributed by atoms with Crippen LogP contribution < -0.4 is 10.6 Å². The van der Waals surface area contributed by atoms with Crippen LogP contribution in [0.1, 0.15) is 67.8 Å². The van der Waals surface area contributed by atoms with E-state index in [1.807, 2.05) is 12.3 Å². The number of carboxylic acid groups (broad SMARTS) is 1. The predicted octanol–water partition coefficient (Wildman–Crippen LogP) is 5.53. The number of nitrogens with one attached hydrogen (secondary N) is 2. The number of halogens is 1. The third-order valence-electron chi connectivity index (χ3n) is 6.29. The van der Waals surface area contributed by atoms with Crippen molar-refractivity contribution in [2.75, 3.05) is 18.4 Å². The van der Waals surface area contributed by atoms with Gasteiger partial charge in [0.1, 0.15) is 0 Å². The van der Waals surface area contributed by atoms with Gasteiger partial charge in [-0.1, -0.05) is 56.0 Å². The fraction of sp³-hybridized carbons (Fsp3) is 0.464. The number of rotatable bonds is 6. The summed E-state index contributed by atoms with van der Waals surface area (Å²) in [6.45, 7) is 4.38. The van der Waals surface area contributed by atoms with Crippen molar-refractivity contribution in [3.63, 3.8) is 0 Å². The highest BCUT2D eigenvalue weighted by Gasteiger charge is 2.14. The van der Waals surface area contributed by atoms with E-state index in [2.05, 4.69) is 46.0 Å². The zero-order chi connectivity index (χ0) is 26.2. The lowest BCUT2D eigenvalue weighted by atomic mass is 9.89. The first-order valence-corrected chi connectivity index (χ1v) is 12.9. The zero-order valence-corrected chi connectivity index (χ0v) is 21.7. The molecule has 0 amide bonds. The van der Waals surface area contributed by atoms with Crippen molar-refractivity contribution in [3.05, 3.63) is 63.9 Å². The van der Waals surface area contributed by atoms with Crippen LogP contribution in [0.3, 0.4) is 0 Å². The van der Waals surface area contributed by atoms with E-state index < -0.39 is 5.97 Å². The highest BCUT2D eigenvalue weighted by atomic mass is 35.5. The molecule has 1 saturated carbocycles. The molecular weight excluding hydrogens is 478 g/mol. The third kappa shape index (κ3) is 10.3. The average molecular weight is 514 g/mol. The number of anilines is 1. The molecule has 0 bridgehead atoms. The Bertz CT molecular complexity index is 1010. The fourth-order valence-corrected chi connectivity index (χ4v) is 4.57. The van der Waals surface area contributed by atoms with Gasteiger partial charge in [-0.05, 0) is 79.6 Å². The second-order valence-electron chi connectivity index (χ2n) is 8.84. The minimum Gasteiger partial charge on any atom is -0.481 e. The van der Waals surface area contributed by atoms with Gasteiger partial charge in [-0.25, -0.2) is 0 Å². The molecule has 2 aliphatic rings. The maximum atomic E-state index is 9.37. The van der Waals surface area contributed by atoms with Gasteiger partial charge in [-0.15, -0.1) is 0 Å². The lowest BCUT2D eigenvalue weighted by Crippen LogP contribution is -2.16. The van der Waals surface area contributed by atoms with E-state index in [-0.39, 0.29) is 12.6 Å². The van der Waals surface area contributed by atoms with Crippen molar-refractivity contribution in [1.82, 2.24) is 10.3 Å². The predicted molar refractivity (Wildman–Crippen MR) is 142 cm³/mol. The number of carbonyl (C=O) groups excluding carboxylic acids is 2. The molecule has 0 radical (unpaired) electrons. The Balaban J connectivity index is 0.000000501. The highest BCUT2D eigenvalue weighted by molar-refractivity contribution is 6.33. The van der Waals surface area contributed by atoms with Gasteiger partial charge < -0.3 is 15.7 Å². The molecule has 36 heavy (non-hydrogen) atoms. The average Bonchev–Trinajstić information content (AvgIpc) is 3.15. The van der Waals surface area contributed by atoms with Crippen LogP contribution in [0.5, 0.6) is 0 Å². The molecule has 1 aromatic heterocycles. The Kier molecular flexibility index (Phi) is 13.5. The van der Waals surface area contributed by atoms with Crippen LogP contribution in [0.4, 0.5) is 5.69 Å². The first kappa shape index (κ1) is 29.2. The summed E-state index contributed by atoms with van der Waals surface area (Å²) in [5.74, 6) is -0.00753. The van der Waals surface area contributed by atoms with Crippen molar-refractivity contribution >= 4 is 35.5 Å². The van der Waals surface area contributed by atoms with Gasteiger partial charge in [0.05, 0.1) is 16.4 Å². The van der Waals surface area contributed by atoms with Crippen molar-refractivity contribution in [1.29, 1.82) is 0 Å². The van der Waals surface area contributed by atoms with Gasteiger partial charge in [0.15, 0.2) is 0 Å². The number of fused-ring (bicyclic) bond motifs is 1.